The topological polar surface area (TPSA) is 32.3 Å². The first-order valence-corrected chi connectivity index (χ1v) is 7.19. The van der Waals surface area contributed by atoms with Crippen molar-refractivity contribution in [2.24, 2.45) is 0 Å². The predicted octanol–water partition coefficient (Wildman–Crippen LogP) is 1.48. The lowest BCUT2D eigenvalue weighted by Crippen LogP contribution is -2.57. The number of aromatic nitrogens is 2. The molecule has 0 spiro atoms. The van der Waals surface area contributed by atoms with Crippen LogP contribution in [0.5, 0.6) is 0 Å². The molecule has 1 fully saturated rings. The zero-order valence-corrected chi connectivity index (χ0v) is 11.2. The van der Waals surface area contributed by atoms with E-state index in [4.69, 9.17) is 0 Å². The fraction of sp³-hybridized carbons (Fsp3) is 0.667. The minimum Gasteiger partial charge on any atom is -0.348 e. The lowest BCUT2D eigenvalue weighted by molar-refractivity contribution is 0.185. The lowest BCUT2D eigenvalue weighted by atomic mass is 10.1. The molecule has 3 rings (SSSR count). The Bertz CT molecular complexity index is 409. The Morgan fingerprint density at radius 3 is 2.94 bits per heavy atom. The molecule has 1 aromatic heterocycles. The lowest BCUT2D eigenvalue weighted by Gasteiger charge is -2.45. The van der Waals surface area contributed by atoms with Gasteiger partial charge in [-0.25, -0.2) is 9.97 Å². The molecule has 17 heavy (non-hydrogen) atoms. The molecule has 0 N–H and O–H groups in total. The third-order valence-electron chi connectivity index (χ3n) is 3.58. The van der Waals surface area contributed by atoms with Crippen molar-refractivity contribution in [3.8, 4) is 0 Å². The van der Waals surface area contributed by atoms with E-state index in [0.717, 1.165) is 36.2 Å². The van der Waals surface area contributed by atoms with Gasteiger partial charge in [0.05, 0.1) is 6.04 Å². The maximum Gasteiger partial charge on any atom is 0.161 e. The van der Waals surface area contributed by atoms with Crippen molar-refractivity contribution in [2.45, 2.75) is 31.0 Å². The molecule has 0 saturated carbocycles. The summed E-state index contributed by atoms with van der Waals surface area (Å²) in [5.41, 5.74) is 0. The summed E-state index contributed by atoms with van der Waals surface area (Å²) in [5.74, 6) is 2.23. The van der Waals surface area contributed by atoms with E-state index in [1.165, 1.54) is 0 Å². The summed E-state index contributed by atoms with van der Waals surface area (Å²) in [6.07, 6.45) is 3.59. The van der Waals surface area contributed by atoms with Crippen molar-refractivity contribution >= 4 is 17.6 Å². The molecule has 1 atom stereocenters. The van der Waals surface area contributed by atoms with Gasteiger partial charge in [0, 0.05) is 43.8 Å². The molecule has 1 saturated heterocycles. The Labute approximate surface area is 106 Å². The van der Waals surface area contributed by atoms with Crippen molar-refractivity contribution in [3.05, 3.63) is 12.4 Å². The molecule has 0 bridgehead atoms. The third-order valence-corrected chi connectivity index (χ3v) is 4.69. The van der Waals surface area contributed by atoms with Gasteiger partial charge >= 0.3 is 0 Å². The van der Waals surface area contributed by atoms with Crippen molar-refractivity contribution in [3.63, 3.8) is 0 Å². The van der Waals surface area contributed by atoms with Crippen LogP contribution in [-0.4, -0.2) is 52.3 Å². The van der Waals surface area contributed by atoms with Crippen molar-refractivity contribution in [2.75, 3.05) is 30.3 Å². The van der Waals surface area contributed by atoms with Gasteiger partial charge in [0.1, 0.15) is 5.03 Å². The highest BCUT2D eigenvalue weighted by Crippen LogP contribution is 2.35. The average molecular weight is 250 g/mol. The number of thioether (sulfide) groups is 1. The molecule has 2 aliphatic heterocycles. The van der Waals surface area contributed by atoms with Gasteiger partial charge in [0.2, 0.25) is 0 Å². The summed E-state index contributed by atoms with van der Waals surface area (Å²) in [5, 5.41) is 1.10. The number of hydrogen-bond donors (Lipinski definition) is 0. The number of rotatable bonds is 1. The summed E-state index contributed by atoms with van der Waals surface area (Å²) in [4.78, 5) is 13.9. The maximum absolute atomic E-state index is 4.50. The monoisotopic (exact) mass is 250 g/mol. The zero-order valence-electron chi connectivity index (χ0n) is 10.3. The quantitative estimate of drug-likeness (QED) is 0.754. The van der Waals surface area contributed by atoms with Crippen molar-refractivity contribution in [1.29, 1.82) is 0 Å². The minimum absolute atomic E-state index is 0.598. The van der Waals surface area contributed by atoms with E-state index in [0.29, 0.717) is 12.1 Å². The van der Waals surface area contributed by atoms with Gasteiger partial charge in [-0.3, -0.25) is 4.90 Å². The summed E-state index contributed by atoms with van der Waals surface area (Å²) in [7, 11) is 0. The van der Waals surface area contributed by atoms with Crippen LogP contribution in [0.15, 0.2) is 17.4 Å². The van der Waals surface area contributed by atoms with Crippen LogP contribution in [0.3, 0.4) is 0 Å². The minimum atomic E-state index is 0.598. The average Bonchev–Trinajstić information content (AvgIpc) is 2.38. The number of fused-ring (bicyclic) bond motifs is 3. The van der Waals surface area contributed by atoms with Crippen molar-refractivity contribution < 1.29 is 0 Å². The number of anilines is 1. The summed E-state index contributed by atoms with van der Waals surface area (Å²) < 4.78 is 0. The van der Waals surface area contributed by atoms with Gasteiger partial charge in [-0.2, -0.15) is 0 Å². The molecule has 0 aliphatic carbocycles. The van der Waals surface area contributed by atoms with E-state index < -0.39 is 0 Å². The van der Waals surface area contributed by atoms with E-state index in [1.807, 2.05) is 11.8 Å². The SMILES string of the molecule is CC(C)N1CCN2c3nccnc3SCC2C1. The Morgan fingerprint density at radius 2 is 2.12 bits per heavy atom. The predicted molar refractivity (Wildman–Crippen MR) is 70.6 cm³/mol. The smallest absolute Gasteiger partial charge is 0.161 e. The number of piperazine rings is 1. The molecule has 92 valence electrons. The fourth-order valence-corrected chi connectivity index (χ4v) is 3.63. The molecular formula is C12H18N4S. The molecule has 0 aromatic carbocycles. The van der Waals surface area contributed by atoms with Crippen LogP contribution >= 0.6 is 11.8 Å². The molecular weight excluding hydrogens is 232 g/mol. The molecule has 2 aliphatic rings. The zero-order chi connectivity index (χ0) is 11.8. The van der Waals surface area contributed by atoms with Crippen LogP contribution in [0.1, 0.15) is 13.8 Å². The fourth-order valence-electron chi connectivity index (χ4n) is 2.56. The largest absolute Gasteiger partial charge is 0.348 e. The maximum atomic E-state index is 4.50. The molecule has 5 heteroatoms. The van der Waals surface area contributed by atoms with Gasteiger partial charge in [-0.15, -0.1) is 11.8 Å². The summed E-state index contributed by atoms with van der Waals surface area (Å²) in [6, 6.07) is 1.24. The molecule has 0 radical (unpaired) electrons. The van der Waals surface area contributed by atoms with Crippen LogP contribution in [0.4, 0.5) is 5.82 Å². The van der Waals surface area contributed by atoms with Crippen LogP contribution < -0.4 is 4.90 Å². The van der Waals surface area contributed by atoms with Gasteiger partial charge in [-0.1, -0.05) is 0 Å². The number of nitrogens with zero attached hydrogens (tertiary/aromatic N) is 4. The van der Waals surface area contributed by atoms with Gasteiger partial charge < -0.3 is 4.90 Å². The molecule has 4 nitrogen and oxygen atoms in total. The Morgan fingerprint density at radius 1 is 1.29 bits per heavy atom. The Balaban J connectivity index is 1.83. The van der Waals surface area contributed by atoms with Crippen LogP contribution in [-0.2, 0) is 0 Å². The second-order valence-electron chi connectivity index (χ2n) is 4.93. The van der Waals surface area contributed by atoms with Crippen LogP contribution in [0.2, 0.25) is 0 Å². The Kier molecular flexibility index (Phi) is 2.96. The second-order valence-corrected chi connectivity index (χ2v) is 5.94. The van der Waals surface area contributed by atoms with E-state index in [2.05, 4.69) is 33.6 Å². The highest BCUT2D eigenvalue weighted by atomic mass is 32.2. The molecule has 1 aromatic rings. The van der Waals surface area contributed by atoms with Gasteiger partial charge in [0.25, 0.3) is 0 Å². The Hall–Kier alpha value is -0.810. The third kappa shape index (κ3) is 2.02. The second kappa shape index (κ2) is 4.46. The first kappa shape index (κ1) is 11.3. The van der Waals surface area contributed by atoms with E-state index in [9.17, 15) is 0 Å². The highest BCUT2D eigenvalue weighted by molar-refractivity contribution is 7.99. The summed E-state index contributed by atoms with van der Waals surface area (Å²) >= 11 is 1.85. The molecule has 1 unspecified atom stereocenters. The normalized spacial score (nSPS) is 24.6. The summed E-state index contributed by atoms with van der Waals surface area (Å²) in [6.45, 7) is 7.92. The first-order valence-electron chi connectivity index (χ1n) is 6.20. The van der Waals surface area contributed by atoms with E-state index in [1.54, 1.807) is 12.4 Å². The van der Waals surface area contributed by atoms with Gasteiger partial charge in [-0.05, 0) is 13.8 Å². The number of hydrogen-bond acceptors (Lipinski definition) is 5. The standard InChI is InChI=1S/C12H18N4S/c1-9(2)15-5-6-16-10(7-15)8-17-12-11(16)13-3-4-14-12/h3-4,9-10H,5-8H2,1-2H3. The van der Waals surface area contributed by atoms with Crippen molar-refractivity contribution in [1.82, 2.24) is 14.9 Å². The van der Waals surface area contributed by atoms with Crippen LogP contribution in [0.25, 0.3) is 0 Å². The highest BCUT2D eigenvalue weighted by Gasteiger charge is 2.33. The van der Waals surface area contributed by atoms with Gasteiger partial charge in [0.15, 0.2) is 5.82 Å². The molecule has 0 amide bonds. The van der Waals surface area contributed by atoms with E-state index in [-0.39, 0.29) is 0 Å². The van der Waals surface area contributed by atoms with E-state index >= 15 is 0 Å². The first-order chi connectivity index (χ1) is 8.25. The van der Waals surface area contributed by atoms with Crippen LogP contribution in [0, 0.1) is 0 Å². The molecule has 3 heterocycles.